The summed E-state index contributed by atoms with van der Waals surface area (Å²) in [6, 6.07) is 13.5. The lowest BCUT2D eigenvalue weighted by molar-refractivity contribution is 0.566. The molecule has 0 atom stereocenters. The number of halogens is 1. The van der Waals surface area contributed by atoms with Crippen LogP contribution in [0.1, 0.15) is 12.5 Å². The molecule has 3 rings (SSSR count). The van der Waals surface area contributed by atoms with Crippen molar-refractivity contribution >= 4 is 20.9 Å². The van der Waals surface area contributed by atoms with Crippen LogP contribution >= 0.6 is 0 Å². The third kappa shape index (κ3) is 2.50. The van der Waals surface area contributed by atoms with Crippen molar-refractivity contribution in [2.45, 2.75) is 18.6 Å². The van der Waals surface area contributed by atoms with E-state index >= 15 is 0 Å². The molecule has 0 bridgehead atoms. The van der Waals surface area contributed by atoms with Crippen molar-refractivity contribution in [1.29, 1.82) is 0 Å². The normalized spacial score (nSPS) is 11.9. The second-order valence-corrected chi connectivity index (χ2v) is 7.14. The van der Waals surface area contributed by atoms with Gasteiger partial charge < -0.3 is 4.57 Å². The summed E-state index contributed by atoms with van der Waals surface area (Å²) in [4.78, 5) is 4.23. The van der Waals surface area contributed by atoms with Gasteiger partial charge in [0.15, 0.2) is 0 Å². The first-order valence-electron chi connectivity index (χ1n) is 6.94. The molecule has 0 fully saturated rings. The SMILES string of the molecule is CCS(=O)(=O)c1nc2ccccc2n1Cc1ccccc1F. The van der Waals surface area contributed by atoms with Crippen molar-refractivity contribution in [3.63, 3.8) is 0 Å². The second-order valence-electron chi connectivity index (χ2n) is 4.96. The van der Waals surface area contributed by atoms with Gasteiger partial charge in [-0.1, -0.05) is 37.3 Å². The maximum absolute atomic E-state index is 13.9. The molecular formula is C16H15FN2O2S. The van der Waals surface area contributed by atoms with E-state index in [1.165, 1.54) is 6.07 Å². The van der Waals surface area contributed by atoms with Crippen LogP contribution in [0, 0.1) is 5.82 Å². The fourth-order valence-corrected chi connectivity index (χ4v) is 3.36. The monoisotopic (exact) mass is 318 g/mol. The van der Waals surface area contributed by atoms with E-state index in [2.05, 4.69) is 4.98 Å². The predicted molar refractivity (Wildman–Crippen MR) is 83.0 cm³/mol. The molecule has 0 aliphatic heterocycles. The maximum atomic E-state index is 13.9. The zero-order valence-electron chi connectivity index (χ0n) is 12.0. The number of benzene rings is 2. The van der Waals surface area contributed by atoms with E-state index in [9.17, 15) is 12.8 Å². The Labute approximate surface area is 128 Å². The van der Waals surface area contributed by atoms with Crippen LogP contribution in [-0.4, -0.2) is 23.7 Å². The van der Waals surface area contributed by atoms with E-state index in [1.54, 1.807) is 47.9 Å². The van der Waals surface area contributed by atoms with Gasteiger partial charge in [-0.2, -0.15) is 0 Å². The van der Waals surface area contributed by atoms with Gasteiger partial charge in [0.05, 0.1) is 23.3 Å². The average molecular weight is 318 g/mol. The van der Waals surface area contributed by atoms with Crippen molar-refractivity contribution < 1.29 is 12.8 Å². The molecule has 0 radical (unpaired) electrons. The number of fused-ring (bicyclic) bond motifs is 1. The minimum atomic E-state index is -3.49. The maximum Gasteiger partial charge on any atom is 0.229 e. The van der Waals surface area contributed by atoms with Crippen LogP contribution in [0.3, 0.4) is 0 Å². The Hall–Kier alpha value is -2.21. The van der Waals surface area contributed by atoms with Gasteiger partial charge in [0, 0.05) is 5.56 Å². The lowest BCUT2D eigenvalue weighted by atomic mass is 10.2. The van der Waals surface area contributed by atoms with E-state index in [4.69, 9.17) is 0 Å². The summed E-state index contributed by atoms with van der Waals surface area (Å²) < 4.78 is 40.0. The molecule has 0 unspecified atom stereocenters. The third-order valence-corrected chi connectivity index (χ3v) is 5.19. The van der Waals surface area contributed by atoms with Gasteiger partial charge in [0.1, 0.15) is 5.82 Å². The zero-order chi connectivity index (χ0) is 15.7. The van der Waals surface area contributed by atoms with Gasteiger partial charge >= 0.3 is 0 Å². The smallest absolute Gasteiger partial charge is 0.229 e. The Bertz CT molecular complexity index is 932. The van der Waals surface area contributed by atoms with E-state index in [1.807, 2.05) is 6.07 Å². The number of sulfone groups is 1. The Kier molecular flexibility index (Phi) is 3.70. The first kappa shape index (κ1) is 14.7. The van der Waals surface area contributed by atoms with E-state index in [-0.39, 0.29) is 23.3 Å². The molecule has 0 aliphatic rings. The van der Waals surface area contributed by atoms with Gasteiger partial charge in [-0.15, -0.1) is 0 Å². The number of para-hydroxylation sites is 2. The Morgan fingerprint density at radius 3 is 2.50 bits per heavy atom. The summed E-state index contributed by atoms with van der Waals surface area (Å²) in [5.74, 6) is -0.409. The van der Waals surface area contributed by atoms with Crippen molar-refractivity contribution in [3.05, 3.63) is 59.9 Å². The quantitative estimate of drug-likeness (QED) is 0.743. The lowest BCUT2D eigenvalue weighted by Gasteiger charge is -2.09. The van der Waals surface area contributed by atoms with Gasteiger partial charge in [0.25, 0.3) is 0 Å². The predicted octanol–water partition coefficient (Wildman–Crippen LogP) is 3.02. The standard InChI is InChI=1S/C16H15FN2O2S/c1-2-22(20,21)16-18-14-9-5-6-10-15(14)19(16)11-12-7-3-4-8-13(12)17/h3-10H,2,11H2,1H3. The summed E-state index contributed by atoms with van der Waals surface area (Å²) in [6.07, 6.45) is 0. The van der Waals surface area contributed by atoms with Crippen LogP contribution in [0.25, 0.3) is 11.0 Å². The van der Waals surface area contributed by atoms with Crippen LogP contribution < -0.4 is 0 Å². The minimum absolute atomic E-state index is 0.0144. The van der Waals surface area contributed by atoms with E-state index in [0.29, 0.717) is 16.6 Å². The highest BCUT2D eigenvalue weighted by Gasteiger charge is 2.22. The lowest BCUT2D eigenvalue weighted by Crippen LogP contribution is -2.14. The molecule has 0 spiro atoms. The van der Waals surface area contributed by atoms with Crippen molar-refractivity contribution in [1.82, 2.24) is 9.55 Å². The number of imidazole rings is 1. The van der Waals surface area contributed by atoms with Crippen LogP contribution in [0.4, 0.5) is 4.39 Å². The number of rotatable bonds is 4. The molecule has 0 saturated heterocycles. The number of hydrogen-bond acceptors (Lipinski definition) is 3. The summed E-state index contributed by atoms with van der Waals surface area (Å²) in [5.41, 5.74) is 1.70. The van der Waals surface area contributed by atoms with E-state index in [0.717, 1.165) is 0 Å². The third-order valence-electron chi connectivity index (χ3n) is 3.56. The average Bonchev–Trinajstić information content (AvgIpc) is 2.89. The molecule has 6 heteroatoms. The highest BCUT2D eigenvalue weighted by atomic mass is 32.2. The summed E-state index contributed by atoms with van der Waals surface area (Å²) >= 11 is 0. The largest absolute Gasteiger partial charge is 0.310 e. The molecule has 0 aliphatic carbocycles. The summed E-state index contributed by atoms with van der Waals surface area (Å²) in [5, 5.41) is -0.0144. The van der Waals surface area contributed by atoms with Crippen molar-refractivity contribution in [2.75, 3.05) is 5.75 Å². The number of hydrogen-bond donors (Lipinski definition) is 0. The Morgan fingerprint density at radius 2 is 1.77 bits per heavy atom. The highest BCUT2D eigenvalue weighted by Crippen LogP contribution is 2.22. The van der Waals surface area contributed by atoms with Crippen LogP contribution in [0.15, 0.2) is 53.7 Å². The van der Waals surface area contributed by atoms with Crippen LogP contribution in [0.5, 0.6) is 0 Å². The molecule has 2 aromatic carbocycles. The molecule has 0 amide bonds. The Morgan fingerprint density at radius 1 is 1.09 bits per heavy atom. The second kappa shape index (κ2) is 5.53. The number of aromatic nitrogens is 2. The molecule has 114 valence electrons. The van der Waals surface area contributed by atoms with Crippen LogP contribution in [-0.2, 0) is 16.4 Å². The van der Waals surface area contributed by atoms with Gasteiger partial charge in [-0.05, 0) is 18.2 Å². The molecule has 4 nitrogen and oxygen atoms in total. The zero-order valence-corrected chi connectivity index (χ0v) is 12.8. The fraction of sp³-hybridized carbons (Fsp3) is 0.188. The molecule has 0 saturated carbocycles. The molecule has 22 heavy (non-hydrogen) atoms. The first-order chi connectivity index (χ1) is 10.5. The van der Waals surface area contributed by atoms with Crippen LogP contribution in [0.2, 0.25) is 0 Å². The topological polar surface area (TPSA) is 52.0 Å². The molecule has 3 aromatic rings. The van der Waals surface area contributed by atoms with E-state index < -0.39 is 9.84 Å². The van der Waals surface area contributed by atoms with Gasteiger partial charge in [-0.3, -0.25) is 0 Å². The van der Waals surface area contributed by atoms with Gasteiger partial charge in [0.2, 0.25) is 15.0 Å². The summed E-state index contributed by atoms with van der Waals surface area (Å²) in [6.45, 7) is 1.70. The van der Waals surface area contributed by atoms with Crippen molar-refractivity contribution in [3.8, 4) is 0 Å². The molecule has 1 aromatic heterocycles. The van der Waals surface area contributed by atoms with Gasteiger partial charge in [-0.25, -0.2) is 17.8 Å². The molecule has 0 N–H and O–H groups in total. The Balaban J connectivity index is 2.23. The minimum Gasteiger partial charge on any atom is -0.310 e. The highest BCUT2D eigenvalue weighted by molar-refractivity contribution is 7.91. The molecular weight excluding hydrogens is 303 g/mol. The molecule has 1 heterocycles. The fourth-order valence-electron chi connectivity index (χ4n) is 2.37. The number of nitrogens with zero attached hydrogens (tertiary/aromatic N) is 2. The first-order valence-corrected chi connectivity index (χ1v) is 8.59. The van der Waals surface area contributed by atoms with Crippen molar-refractivity contribution in [2.24, 2.45) is 0 Å². The summed E-state index contributed by atoms with van der Waals surface area (Å²) in [7, 11) is -3.49.